The Kier molecular flexibility index (Phi) is 9.41. The first kappa shape index (κ1) is 25.5. The summed E-state index contributed by atoms with van der Waals surface area (Å²) >= 11 is 3.20. The van der Waals surface area contributed by atoms with Crippen LogP contribution in [0.2, 0.25) is 0 Å². The van der Waals surface area contributed by atoms with E-state index in [1.807, 2.05) is 0 Å². The van der Waals surface area contributed by atoms with Gasteiger partial charge < -0.3 is 19.9 Å². The number of nitrogens with one attached hydrogen (secondary N) is 1. The van der Waals surface area contributed by atoms with Crippen molar-refractivity contribution in [3.63, 3.8) is 0 Å². The number of aliphatic carboxylic acids is 1. The minimum absolute atomic E-state index is 0.159. The van der Waals surface area contributed by atoms with Crippen LogP contribution >= 0.6 is 15.9 Å². The van der Waals surface area contributed by atoms with Crippen LogP contribution in [-0.4, -0.2) is 36.3 Å². The van der Waals surface area contributed by atoms with E-state index in [1.165, 1.54) is 19.3 Å². The predicted octanol–water partition coefficient (Wildman–Crippen LogP) is 4.74. The Morgan fingerprint density at radius 1 is 1.22 bits per heavy atom. The van der Waals surface area contributed by atoms with E-state index in [0.29, 0.717) is 26.9 Å². The molecule has 0 bridgehead atoms. The normalized spacial score (nSPS) is 12.5. The van der Waals surface area contributed by atoms with Crippen LogP contribution in [0.1, 0.15) is 37.5 Å². The van der Waals surface area contributed by atoms with E-state index < -0.39 is 17.9 Å². The molecule has 2 N–H and O–H groups in total. The molecule has 2 aromatic rings. The summed E-state index contributed by atoms with van der Waals surface area (Å²) < 4.78 is 25.5. The topological polar surface area (TPSA) is 84.9 Å². The molecule has 0 aliphatic rings. The maximum Gasteiger partial charge on any atom is 0.333 e. The van der Waals surface area contributed by atoms with Crippen LogP contribution < -0.4 is 10.1 Å². The van der Waals surface area contributed by atoms with Crippen molar-refractivity contribution >= 4 is 33.9 Å². The van der Waals surface area contributed by atoms with Crippen molar-refractivity contribution in [3.05, 3.63) is 69.0 Å². The third kappa shape index (κ3) is 7.46. The molecule has 0 heterocycles. The molecule has 2 rings (SSSR count). The summed E-state index contributed by atoms with van der Waals surface area (Å²) in [6.45, 7) is 5.32. The first-order chi connectivity index (χ1) is 15.1. The lowest BCUT2D eigenvalue weighted by Gasteiger charge is -2.18. The van der Waals surface area contributed by atoms with E-state index in [-0.39, 0.29) is 25.0 Å². The number of hydrogen-bond acceptors (Lipinski definition) is 4. The highest BCUT2D eigenvalue weighted by atomic mass is 79.9. The van der Waals surface area contributed by atoms with Gasteiger partial charge in [-0.2, -0.15) is 0 Å². The van der Waals surface area contributed by atoms with Gasteiger partial charge in [0.1, 0.15) is 11.6 Å². The smallest absolute Gasteiger partial charge is 0.333 e. The summed E-state index contributed by atoms with van der Waals surface area (Å²) in [6, 6.07) is 9.90. The van der Waals surface area contributed by atoms with Crippen molar-refractivity contribution in [2.24, 2.45) is 0 Å². The van der Waals surface area contributed by atoms with E-state index in [9.17, 15) is 19.1 Å². The maximum atomic E-state index is 14.0. The first-order valence-corrected chi connectivity index (χ1v) is 10.9. The quantitative estimate of drug-likeness (QED) is 0.453. The highest BCUT2D eigenvalue weighted by Gasteiger charge is 2.21. The van der Waals surface area contributed by atoms with Crippen LogP contribution in [0, 0.1) is 5.82 Å². The molecule has 32 heavy (non-hydrogen) atoms. The Balaban J connectivity index is 2.13. The lowest BCUT2D eigenvalue weighted by molar-refractivity contribution is -0.153. The number of ether oxygens (including phenoxy) is 2. The molecule has 8 heteroatoms. The van der Waals surface area contributed by atoms with Crippen LogP contribution in [-0.2, 0) is 27.3 Å². The lowest BCUT2D eigenvalue weighted by Crippen LogP contribution is -2.29. The van der Waals surface area contributed by atoms with Gasteiger partial charge in [-0.05, 0) is 50.6 Å². The number of hydrogen-bond donors (Lipinski definition) is 2. The zero-order chi connectivity index (χ0) is 23.8. The van der Waals surface area contributed by atoms with E-state index >= 15 is 0 Å². The van der Waals surface area contributed by atoms with E-state index in [2.05, 4.69) is 21.2 Å². The van der Waals surface area contributed by atoms with E-state index in [0.717, 1.165) is 5.56 Å². The van der Waals surface area contributed by atoms with Gasteiger partial charge in [0, 0.05) is 34.1 Å². The number of carboxylic acids is 1. The monoisotopic (exact) mass is 507 g/mol. The molecular formula is C24H27BrFNO5. The molecule has 172 valence electrons. The van der Waals surface area contributed by atoms with Crippen LogP contribution in [0.25, 0.3) is 6.08 Å². The predicted molar refractivity (Wildman–Crippen MR) is 124 cm³/mol. The molecule has 0 saturated heterocycles. The first-order valence-electron chi connectivity index (χ1n) is 10.1. The largest absolute Gasteiger partial charge is 0.496 e. The molecule has 0 spiro atoms. The Morgan fingerprint density at radius 2 is 1.94 bits per heavy atom. The molecule has 0 aromatic heterocycles. The SMILES string of the molecule is COc1ccc(CC(OC(C)C)C(=O)O)cc1CNC(=O)C(C)=Cc1ccc(Br)cc1F. The number of halogens is 2. The van der Waals surface area contributed by atoms with Crippen LogP contribution in [0.3, 0.4) is 0 Å². The molecule has 0 radical (unpaired) electrons. The Hall–Kier alpha value is -2.71. The van der Waals surface area contributed by atoms with Gasteiger partial charge in [-0.25, -0.2) is 9.18 Å². The highest BCUT2D eigenvalue weighted by molar-refractivity contribution is 9.10. The summed E-state index contributed by atoms with van der Waals surface area (Å²) in [5, 5.41) is 12.2. The number of carbonyl (C=O) groups is 2. The van der Waals surface area contributed by atoms with Crippen molar-refractivity contribution in [2.75, 3.05) is 7.11 Å². The second kappa shape index (κ2) is 11.8. The highest BCUT2D eigenvalue weighted by Crippen LogP contribution is 2.22. The lowest BCUT2D eigenvalue weighted by atomic mass is 10.0. The fourth-order valence-corrected chi connectivity index (χ4v) is 3.40. The Labute approximate surface area is 195 Å². The molecule has 1 unspecified atom stereocenters. The van der Waals surface area contributed by atoms with Gasteiger partial charge in [0.2, 0.25) is 5.91 Å². The summed E-state index contributed by atoms with van der Waals surface area (Å²) in [4.78, 5) is 24.0. The third-order valence-electron chi connectivity index (χ3n) is 4.61. The van der Waals surface area contributed by atoms with Crippen molar-refractivity contribution in [2.45, 2.75) is 45.9 Å². The molecule has 0 saturated carbocycles. The molecule has 1 atom stereocenters. The fourth-order valence-electron chi connectivity index (χ4n) is 3.07. The Bertz CT molecular complexity index is 1010. The zero-order valence-corrected chi connectivity index (χ0v) is 20.0. The number of carbonyl (C=O) groups excluding carboxylic acids is 1. The van der Waals surface area contributed by atoms with Gasteiger partial charge in [0.15, 0.2) is 6.10 Å². The molecule has 1 amide bonds. The van der Waals surface area contributed by atoms with Gasteiger partial charge in [-0.1, -0.05) is 34.1 Å². The molecule has 0 fully saturated rings. The number of methoxy groups -OCH3 is 1. The molecule has 0 aliphatic heterocycles. The van der Waals surface area contributed by atoms with E-state index in [1.54, 1.807) is 51.1 Å². The number of amides is 1. The summed E-state index contributed by atoms with van der Waals surface area (Å²) in [5.74, 6) is -1.26. The molecule has 6 nitrogen and oxygen atoms in total. The number of carboxylic acid groups (broad SMARTS) is 1. The minimum atomic E-state index is -1.04. The Morgan fingerprint density at radius 3 is 2.53 bits per heavy atom. The van der Waals surface area contributed by atoms with Crippen LogP contribution in [0.5, 0.6) is 5.75 Å². The van der Waals surface area contributed by atoms with Gasteiger partial charge in [-0.3, -0.25) is 4.79 Å². The van der Waals surface area contributed by atoms with Crippen molar-refractivity contribution in [3.8, 4) is 5.75 Å². The van der Waals surface area contributed by atoms with Crippen LogP contribution in [0.4, 0.5) is 4.39 Å². The minimum Gasteiger partial charge on any atom is -0.496 e. The van der Waals surface area contributed by atoms with Crippen molar-refractivity contribution in [1.29, 1.82) is 0 Å². The zero-order valence-electron chi connectivity index (χ0n) is 18.4. The van der Waals surface area contributed by atoms with Crippen molar-refractivity contribution < 1.29 is 28.6 Å². The molecular weight excluding hydrogens is 481 g/mol. The van der Waals surface area contributed by atoms with Crippen molar-refractivity contribution in [1.82, 2.24) is 5.32 Å². The summed E-state index contributed by atoms with van der Waals surface area (Å²) in [5.41, 5.74) is 2.09. The standard InChI is InChI=1S/C24H27BrFNO5/c1-14(2)32-22(24(29)30)11-16-5-8-21(31-4)18(10-16)13-27-23(28)15(3)9-17-6-7-19(25)12-20(17)26/h5-10,12,14,22H,11,13H2,1-4H3,(H,27,28)(H,29,30). The van der Waals surface area contributed by atoms with Gasteiger partial charge in [-0.15, -0.1) is 0 Å². The molecule has 2 aromatic carbocycles. The number of rotatable bonds is 10. The van der Waals surface area contributed by atoms with Crippen LogP contribution in [0.15, 0.2) is 46.4 Å². The van der Waals surface area contributed by atoms with E-state index in [4.69, 9.17) is 9.47 Å². The third-order valence-corrected chi connectivity index (χ3v) is 5.10. The van der Waals surface area contributed by atoms with Gasteiger partial charge in [0.25, 0.3) is 0 Å². The second-order valence-electron chi connectivity index (χ2n) is 7.54. The fraction of sp³-hybridized carbons (Fsp3) is 0.333. The second-order valence-corrected chi connectivity index (χ2v) is 8.45. The maximum absolute atomic E-state index is 14.0. The molecule has 0 aliphatic carbocycles. The van der Waals surface area contributed by atoms with Gasteiger partial charge >= 0.3 is 5.97 Å². The average Bonchev–Trinajstić information content (AvgIpc) is 2.73. The van der Waals surface area contributed by atoms with Gasteiger partial charge in [0.05, 0.1) is 13.2 Å². The number of benzene rings is 2. The average molecular weight is 508 g/mol. The summed E-state index contributed by atoms with van der Waals surface area (Å²) in [6.07, 6.45) is 0.460. The summed E-state index contributed by atoms with van der Waals surface area (Å²) in [7, 11) is 1.52.